The Kier molecular flexibility index (Phi) is 6.88. The Hall–Kier alpha value is -0.630. The number of sulfonamides is 1. The zero-order valence-electron chi connectivity index (χ0n) is 13.7. The molecule has 0 radical (unpaired) electrons. The molecule has 0 atom stereocenters. The Morgan fingerprint density at radius 1 is 1.35 bits per heavy atom. The zero-order chi connectivity index (χ0) is 16.9. The van der Waals surface area contributed by atoms with Gasteiger partial charge in [-0.2, -0.15) is 0 Å². The van der Waals surface area contributed by atoms with Crippen molar-refractivity contribution in [1.29, 1.82) is 0 Å². The molecule has 0 aromatic heterocycles. The van der Waals surface area contributed by atoms with Crippen LogP contribution in [0.25, 0.3) is 0 Å². The molecule has 130 valence electrons. The van der Waals surface area contributed by atoms with E-state index >= 15 is 0 Å². The summed E-state index contributed by atoms with van der Waals surface area (Å²) in [4.78, 5) is 0. The second-order valence-corrected chi connectivity index (χ2v) is 8.78. The molecule has 23 heavy (non-hydrogen) atoms. The number of ether oxygens (including phenoxy) is 1. The minimum atomic E-state index is -3.05. The van der Waals surface area contributed by atoms with Crippen molar-refractivity contribution in [3.05, 3.63) is 28.2 Å². The number of benzene rings is 1. The van der Waals surface area contributed by atoms with Crippen molar-refractivity contribution in [1.82, 2.24) is 9.62 Å². The fourth-order valence-electron chi connectivity index (χ4n) is 2.81. The minimum Gasteiger partial charge on any atom is -0.496 e. The molecule has 0 saturated carbocycles. The van der Waals surface area contributed by atoms with E-state index in [1.807, 2.05) is 25.1 Å². The van der Waals surface area contributed by atoms with E-state index in [1.165, 1.54) is 5.56 Å². The molecule has 0 unspecified atom stereocenters. The van der Waals surface area contributed by atoms with E-state index in [0.29, 0.717) is 25.6 Å². The number of nitrogens with one attached hydrogen (secondary N) is 1. The second kappa shape index (κ2) is 8.46. The number of methoxy groups -OCH3 is 1. The molecule has 5 nitrogen and oxygen atoms in total. The van der Waals surface area contributed by atoms with E-state index in [9.17, 15) is 8.42 Å². The Morgan fingerprint density at radius 3 is 2.61 bits per heavy atom. The van der Waals surface area contributed by atoms with Gasteiger partial charge in [0.05, 0.1) is 17.3 Å². The molecule has 1 heterocycles. The Morgan fingerprint density at radius 2 is 2.04 bits per heavy atom. The van der Waals surface area contributed by atoms with Crippen molar-refractivity contribution in [2.45, 2.75) is 38.8 Å². The van der Waals surface area contributed by atoms with Crippen molar-refractivity contribution in [2.24, 2.45) is 0 Å². The summed E-state index contributed by atoms with van der Waals surface area (Å²) in [5.74, 6) is 1.08. The van der Waals surface area contributed by atoms with E-state index in [2.05, 4.69) is 21.2 Å². The van der Waals surface area contributed by atoms with Crippen molar-refractivity contribution < 1.29 is 13.2 Å². The summed E-state index contributed by atoms with van der Waals surface area (Å²) in [5.41, 5.74) is 1.18. The van der Waals surface area contributed by atoms with Gasteiger partial charge in [-0.3, -0.25) is 0 Å². The maximum absolute atomic E-state index is 12.1. The van der Waals surface area contributed by atoms with Gasteiger partial charge in [-0.1, -0.05) is 13.0 Å². The summed E-state index contributed by atoms with van der Waals surface area (Å²) in [6, 6.07) is 6.40. The molecular weight excluding hydrogens is 380 g/mol. The standard InChI is InChI=1S/C16H25BrN2O3S/c1-3-10-23(20,21)19-8-6-14(7-9-19)18-12-13-4-5-16(22-2)15(17)11-13/h4-5,11,14,18H,3,6-10,12H2,1-2H3. The average molecular weight is 405 g/mol. The highest BCUT2D eigenvalue weighted by Crippen LogP contribution is 2.25. The predicted molar refractivity (Wildman–Crippen MR) is 96.2 cm³/mol. The van der Waals surface area contributed by atoms with E-state index in [4.69, 9.17) is 4.74 Å². The van der Waals surface area contributed by atoms with Gasteiger partial charge in [0.2, 0.25) is 10.0 Å². The van der Waals surface area contributed by atoms with Gasteiger partial charge in [-0.05, 0) is 52.9 Å². The lowest BCUT2D eigenvalue weighted by Crippen LogP contribution is -2.45. The van der Waals surface area contributed by atoms with Crippen LogP contribution in [0.15, 0.2) is 22.7 Å². The monoisotopic (exact) mass is 404 g/mol. The molecule has 0 aliphatic carbocycles. The minimum absolute atomic E-state index is 0.255. The molecule has 0 spiro atoms. The van der Waals surface area contributed by atoms with Gasteiger partial charge in [-0.25, -0.2) is 12.7 Å². The average Bonchev–Trinajstić information content (AvgIpc) is 2.53. The number of halogens is 1. The SMILES string of the molecule is CCCS(=O)(=O)N1CCC(NCc2ccc(OC)c(Br)c2)CC1. The molecule has 1 aliphatic heterocycles. The molecule has 1 saturated heterocycles. The number of hydrogen-bond donors (Lipinski definition) is 1. The Balaban J connectivity index is 1.82. The van der Waals surface area contributed by atoms with Gasteiger partial charge < -0.3 is 10.1 Å². The van der Waals surface area contributed by atoms with Crippen LogP contribution in [0.4, 0.5) is 0 Å². The molecule has 1 aromatic carbocycles. The van der Waals surface area contributed by atoms with E-state index in [0.717, 1.165) is 29.6 Å². The van der Waals surface area contributed by atoms with Crippen LogP contribution >= 0.6 is 15.9 Å². The smallest absolute Gasteiger partial charge is 0.214 e. The van der Waals surface area contributed by atoms with Crippen molar-refractivity contribution in [3.8, 4) is 5.75 Å². The van der Waals surface area contributed by atoms with Crippen LogP contribution in [-0.2, 0) is 16.6 Å². The summed E-state index contributed by atoms with van der Waals surface area (Å²) in [6.07, 6.45) is 2.40. The highest BCUT2D eigenvalue weighted by molar-refractivity contribution is 9.10. The van der Waals surface area contributed by atoms with Crippen molar-refractivity contribution in [2.75, 3.05) is 26.0 Å². The first-order chi connectivity index (χ1) is 11.0. The molecule has 7 heteroatoms. The van der Waals surface area contributed by atoms with Gasteiger partial charge >= 0.3 is 0 Å². The summed E-state index contributed by atoms with van der Waals surface area (Å²) < 4.78 is 31.9. The van der Waals surface area contributed by atoms with Gasteiger partial charge in [0, 0.05) is 25.7 Å². The van der Waals surface area contributed by atoms with Gasteiger partial charge in [0.15, 0.2) is 0 Å². The molecule has 1 N–H and O–H groups in total. The van der Waals surface area contributed by atoms with Crippen LogP contribution in [0.2, 0.25) is 0 Å². The normalized spacial score (nSPS) is 17.3. The number of hydrogen-bond acceptors (Lipinski definition) is 4. The van der Waals surface area contributed by atoms with Crippen molar-refractivity contribution >= 4 is 26.0 Å². The lowest BCUT2D eigenvalue weighted by atomic mass is 10.1. The maximum Gasteiger partial charge on any atom is 0.214 e. The molecule has 1 fully saturated rings. The fraction of sp³-hybridized carbons (Fsp3) is 0.625. The number of nitrogens with zero attached hydrogens (tertiary/aromatic N) is 1. The predicted octanol–water partition coefficient (Wildman–Crippen LogP) is 2.75. The number of rotatable bonds is 7. The molecule has 2 rings (SSSR count). The van der Waals surface area contributed by atoms with Crippen LogP contribution in [0.3, 0.4) is 0 Å². The topological polar surface area (TPSA) is 58.6 Å². The highest BCUT2D eigenvalue weighted by atomic mass is 79.9. The third-order valence-corrected chi connectivity index (χ3v) is 6.82. The van der Waals surface area contributed by atoms with Gasteiger partial charge in [0.1, 0.15) is 5.75 Å². The second-order valence-electron chi connectivity index (χ2n) is 5.84. The Labute approximate surface area is 147 Å². The maximum atomic E-state index is 12.1. The summed E-state index contributed by atoms with van der Waals surface area (Å²) in [7, 11) is -1.40. The lowest BCUT2D eigenvalue weighted by Gasteiger charge is -2.31. The lowest BCUT2D eigenvalue weighted by molar-refractivity contribution is 0.288. The number of piperidine rings is 1. The third-order valence-electron chi connectivity index (χ3n) is 4.12. The van der Waals surface area contributed by atoms with Gasteiger partial charge in [-0.15, -0.1) is 0 Å². The summed E-state index contributed by atoms with van der Waals surface area (Å²) >= 11 is 3.49. The largest absolute Gasteiger partial charge is 0.496 e. The van der Waals surface area contributed by atoms with Gasteiger partial charge in [0.25, 0.3) is 0 Å². The molecule has 1 aromatic rings. The Bertz CT molecular complexity index is 614. The highest BCUT2D eigenvalue weighted by Gasteiger charge is 2.26. The third kappa shape index (κ3) is 5.17. The zero-order valence-corrected chi connectivity index (χ0v) is 16.1. The summed E-state index contributed by atoms with van der Waals surface area (Å²) in [6.45, 7) is 3.91. The van der Waals surface area contributed by atoms with E-state index < -0.39 is 10.0 Å². The molecule has 1 aliphatic rings. The van der Waals surface area contributed by atoms with Crippen molar-refractivity contribution in [3.63, 3.8) is 0 Å². The van der Waals surface area contributed by atoms with E-state index in [1.54, 1.807) is 11.4 Å². The van der Waals surface area contributed by atoms with Crippen LogP contribution in [0.5, 0.6) is 5.75 Å². The molecular formula is C16H25BrN2O3S. The first-order valence-electron chi connectivity index (χ1n) is 8.00. The van der Waals surface area contributed by atoms with Crippen LogP contribution in [0, 0.1) is 0 Å². The fourth-order valence-corrected chi connectivity index (χ4v) is 4.94. The first kappa shape index (κ1) is 18.7. The quantitative estimate of drug-likeness (QED) is 0.758. The molecule has 0 amide bonds. The van der Waals surface area contributed by atoms with Crippen LogP contribution < -0.4 is 10.1 Å². The van der Waals surface area contributed by atoms with E-state index in [-0.39, 0.29) is 5.75 Å². The summed E-state index contributed by atoms with van der Waals surface area (Å²) in [5, 5.41) is 3.52. The van der Waals surface area contributed by atoms with Crippen LogP contribution in [0.1, 0.15) is 31.7 Å². The van der Waals surface area contributed by atoms with Crippen LogP contribution in [-0.4, -0.2) is 44.7 Å². The first-order valence-corrected chi connectivity index (χ1v) is 10.4. The molecule has 0 bridgehead atoms.